The minimum absolute atomic E-state index is 0.0286. The molecule has 2 saturated heterocycles. The number of nitrogens with zero attached hydrogens (tertiary/aromatic N) is 2. The molecule has 1 N–H and O–H groups in total. The predicted molar refractivity (Wildman–Crippen MR) is 82.4 cm³/mol. The molecule has 5 nitrogen and oxygen atoms in total. The average Bonchev–Trinajstić information content (AvgIpc) is 3.05. The van der Waals surface area contributed by atoms with Crippen molar-refractivity contribution in [2.45, 2.75) is 31.3 Å². The molecule has 2 atom stereocenters. The molecule has 2 unspecified atom stereocenters. The first-order chi connectivity index (χ1) is 10.1. The van der Waals surface area contributed by atoms with Crippen LogP contribution in [0.5, 0.6) is 0 Å². The Morgan fingerprint density at radius 2 is 2.14 bits per heavy atom. The van der Waals surface area contributed by atoms with Gasteiger partial charge >= 0.3 is 0 Å². The monoisotopic (exact) mass is 307 g/mol. The maximum Gasteiger partial charge on any atom is 0.261 e. The Hall–Kier alpha value is -1.40. The number of nitrogens with one attached hydrogen (secondary N) is 1. The molecule has 21 heavy (non-hydrogen) atoms. The van der Waals surface area contributed by atoms with Gasteiger partial charge in [-0.05, 0) is 37.8 Å². The van der Waals surface area contributed by atoms with E-state index in [9.17, 15) is 9.59 Å². The lowest BCUT2D eigenvalue weighted by Gasteiger charge is -2.25. The predicted octanol–water partition coefficient (Wildman–Crippen LogP) is 1.17. The molecule has 0 saturated carbocycles. The highest BCUT2D eigenvalue weighted by atomic mass is 32.1. The van der Waals surface area contributed by atoms with Crippen molar-refractivity contribution in [2.24, 2.45) is 0 Å². The Kier molecular flexibility index (Phi) is 4.26. The van der Waals surface area contributed by atoms with Gasteiger partial charge < -0.3 is 10.2 Å². The van der Waals surface area contributed by atoms with Crippen LogP contribution in [0.25, 0.3) is 0 Å². The molecule has 0 aromatic carbocycles. The molecule has 3 rings (SSSR count). The molecule has 114 valence electrons. The van der Waals surface area contributed by atoms with Gasteiger partial charge in [0, 0.05) is 25.2 Å². The topological polar surface area (TPSA) is 52.6 Å². The second-order valence-corrected chi connectivity index (χ2v) is 6.79. The van der Waals surface area contributed by atoms with E-state index in [1.165, 1.54) is 24.2 Å². The van der Waals surface area contributed by atoms with Crippen LogP contribution in [-0.4, -0.2) is 60.4 Å². The lowest BCUT2D eigenvalue weighted by Crippen LogP contribution is -2.44. The molecule has 3 heterocycles. The summed E-state index contributed by atoms with van der Waals surface area (Å²) in [4.78, 5) is 29.1. The number of fused-ring (bicyclic) bond motifs is 2. The quantitative estimate of drug-likeness (QED) is 0.912. The smallest absolute Gasteiger partial charge is 0.261 e. The van der Waals surface area contributed by atoms with E-state index in [0.717, 1.165) is 19.5 Å². The van der Waals surface area contributed by atoms with Gasteiger partial charge in [-0.15, -0.1) is 11.3 Å². The van der Waals surface area contributed by atoms with Crippen LogP contribution in [0.15, 0.2) is 17.5 Å². The van der Waals surface area contributed by atoms with E-state index in [1.54, 1.807) is 6.07 Å². The third-order valence-electron chi connectivity index (χ3n) is 4.65. The summed E-state index contributed by atoms with van der Waals surface area (Å²) in [6, 6.07) is 4.70. The van der Waals surface area contributed by atoms with Crippen LogP contribution < -0.4 is 5.32 Å². The number of thiophene rings is 1. The zero-order chi connectivity index (χ0) is 14.8. The maximum atomic E-state index is 12.3. The van der Waals surface area contributed by atoms with Gasteiger partial charge in [-0.2, -0.15) is 0 Å². The molecular formula is C15H21N3O2S. The van der Waals surface area contributed by atoms with Crippen molar-refractivity contribution in [3.05, 3.63) is 22.4 Å². The van der Waals surface area contributed by atoms with E-state index in [0.29, 0.717) is 17.0 Å². The SMILES string of the molecule is CN1C2CCC1CN(C(=O)CNC(=O)c1cccs1)CC2. The fraction of sp³-hybridized carbons (Fsp3) is 0.600. The summed E-state index contributed by atoms with van der Waals surface area (Å²) in [6.07, 6.45) is 3.46. The first-order valence-corrected chi connectivity index (χ1v) is 8.34. The zero-order valence-electron chi connectivity index (χ0n) is 12.2. The first-order valence-electron chi connectivity index (χ1n) is 7.46. The summed E-state index contributed by atoms with van der Waals surface area (Å²) in [7, 11) is 2.16. The van der Waals surface area contributed by atoms with E-state index in [-0.39, 0.29) is 18.4 Å². The summed E-state index contributed by atoms with van der Waals surface area (Å²) in [5.41, 5.74) is 0. The second-order valence-electron chi connectivity index (χ2n) is 5.84. The van der Waals surface area contributed by atoms with Crippen LogP contribution in [0.4, 0.5) is 0 Å². The molecule has 0 aliphatic carbocycles. The van der Waals surface area contributed by atoms with E-state index in [2.05, 4.69) is 17.3 Å². The van der Waals surface area contributed by atoms with Gasteiger partial charge in [-0.1, -0.05) is 6.07 Å². The minimum Gasteiger partial charge on any atom is -0.342 e. The van der Waals surface area contributed by atoms with Gasteiger partial charge in [0.1, 0.15) is 0 Å². The molecule has 2 fully saturated rings. The molecule has 2 bridgehead atoms. The van der Waals surface area contributed by atoms with Crippen LogP contribution >= 0.6 is 11.3 Å². The van der Waals surface area contributed by atoms with Crippen LogP contribution in [0.2, 0.25) is 0 Å². The van der Waals surface area contributed by atoms with Crippen LogP contribution in [0.1, 0.15) is 28.9 Å². The highest BCUT2D eigenvalue weighted by molar-refractivity contribution is 7.12. The molecule has 6 heteroatoms. The molecular weight excluding hydrogens is 286 g/mol. The number of carbonyl (C=O) groups is 2. The van der Waals surface area contributed by atoms with Crippen LogP contribution in [0, 0.1) is 0 Å². The number of carbonyl (C=O) groups excluding carboxylic acids is 2. The number of likely N-dealkylation sites (N-methyl/N-ethyl adjacent to an activating group) is 1. The Balaban J connectivity index is 1.52. The third-order valence-corrected chi connectivity index (χ3v) is 5.51. The Morgan fingerprint density at radius 3 is 2.90 bits per heavy atom. The molecule has 2 amide bonds. The Morgan fingerprint density at radius 1 is 1.33 bits per heavy atom. The molecule has 1 aromatic rings. The van der Waals surface area contributed by atoms with Gasteiger partial charge in [-0.3, -0.25) is 14.5 Å². The number of hydrogen-bond acceptors (Lipinski definition) is 4. The molecule has 0 spiro atoms. The fourth-order valence-electron chi connectivity index (χ4n) is 3.30. The lowest BCUT2D eigenvalue weighted by atomic mass is 10.1. The first kappa shape index (κ1) is 14.5. The summed E-state index contributed by atoms with van der Waals surface area (Å²) in [5, 5.41) is 4.58. The fourth-order valence-corrected chi connectivity index (χ4v) is 3.94. The molecule has 2 aliphatic heterocycles. The third kappa shape index (κ3) is 3.11. The zero-order valence-corrected chi connectivity index (χ0v) is 13.1. The van der Waals surface area contributed by atoms with Crippen molar-refractivity contribution in [3.8, 4) is 0 Å². The Labute approximate surface area is 128 Å². The van der Waals surface area contributed by atoms with Crippen molar-refractivity contribution in [1.29, 1.82) is 0 Å². The largest absolute Gasteiger partial charge is 0.342 e. The maximum absolute atomic E-state index is 12.3. The van der Waals surface area contributed by atoms with Crippen molar-refractivity contribution in [3.63, 3.8) is 0 Å². The highest BCUT2D eigenvalue weighted by Gasteiger charge is 2.35. The van der Waals surface area contributed by atoms with Crippen molar-refractivity contribution in [2.75, 3.05) is 26.7 Å². The van der Waals surface area contributed by atoms with Crippen molar-refractivity contribution >= 4 is 23.2 Å². The number of amides is 2. The van der Waals surface area contributed by atoms with Crippen LogP contribution in [-0.2, 0) is 4.79 Å². The normalized spacial score (nSPS) is 25.7. The summed E-state index contributed by atoms with van der Waals surface area (Å²) < 4.78 is 0. The number of rotatable bonds is 3. The lowest BCUT2D eigenvalue weighted by molar-refractivity contribution is -0.130. The second kappa shape index (κ2) is 6.15. The molecule has 0 radical (unpaired) electrons. The van der Waals surface area contributed by atoms with Crippen molar-refractivity contribution in [1.82, 2.24) is 15.1 Å². The standard InChI is InChI=1S/C15H21N3O2S/c1-17-11-4-5-12(17)10-18(7-6-11)14(19)9-16-15(20)13-3-2-8-21-13/h2-3,8,11-12H,4-7,9-10H2,1H3,(H,16,20). The Bertz CT molecular complexity index is 517. The van der Waals surface area contributed by atoms with Gasteiger partial charge in [0.15, 0.2) is 0 Å². The summed E-state index contributed by atoms with van der Waals surface area (Å²) in [6.45, 7) is 1.69. The average molecular weight is 307 g/mol. The summed E-state index contributed by atoms with van der Waals surface area (Å²) >= 11 is 1.39. The van der Waals surface area contributed by atoms with Crippen molar-refractivity contribution < 1.29 is 9.59 Å². The van der Waals surface area contributed by atoms with Crippen LogP contribution in [0.3, 0.4) is 0 Å². The molecule has 2 aliphatic rings. The van der Waals surface area contributed by atoms with E-state index in [1.807, 2.05) is 16.3 Å². The van der Waals surface area contributed by atoms with Gasteiger partial charge in [0.05, 0.1) is 11.4 Å². The van der Waals surface area contributed by atoms with E-state index in [4.69, 9.17) is 0 Å². The van der Waals surface area contributed by atoms with E-state index < -0.39 is 0 Å². The highest BCUT2D eigenvalue weighted by Crippen LogP contribution is 2.28. The van der Waals surface area contributed by atoms with Gasteiger partial charge in [0.25, 0.3) is 5.91 Å². The summed E-state index contributed by atoms with van der Waals surface area (Å²) in [5.74, 6) is -0.132. The van der Waals surface area contributed by atoms with E-state index >= 15 is 0 Å². The number of hydrogen-bond donors (Lipinski definition) is 1. The van der Waals surface area contributed by atoms with Gasteiger partial charge in [-0.25, -0.2) is 0 Å². The number of likely N-dealkylation sites (tertiary alicyclic amines) is 1. The molecule has 1 aromatic heterocycles. The van der Waals surface area contributed by atoms with Gasteiger partial charge in [0.2, 0.25) is 5.91 Å². The minimum atomic E-state index is -0.160.